The molecule has 9 nitrogen and oxygen atoms in total. The third-order valence-corrected chi connectivity index (χ3v) is 7.15. The van der Waals surface area contributed by atoms with Gasteiger partial charge in [-0.25, -0.2) is 9.48 Å². The third-order valence-electron chi connectivity index (χ3n) is 7.15. The smallest absolute Gasteiger partial charge is 0.324 e. The van der Waals surface area contributed by atoms with E-state index in [9.17, 15) is 4.79 Å². The highest BCUT2D eigenvalue weighted by atomic mass is 16.5. The molecule has 2 aromatic heterocycles. The maximum absolute atomic E-state index is 13.3. The molecule has 3 heterocycles. The van der Waals surface area contributed by atoms with Crippen LogP contribution < -0.4 is 15.4 Å². The predicted octanol–water partition coefficient (Wildman–Crippen LogP) is 6.16. The lowest BCUT2D eigenvalue weighted by Gasteiger charge is -2.35. The number of ether oxygens (including phenoxy) is 2. The molecule has 0 unspecified atom stereocenters. The second-order valence-corrected chi connectivity index (χ2v) is 11.8. The van der Waals surface area contributed by atoms with Gasteiger partial charge in [0, 0.05) is 47.6 Å². The van der Waals surface area contributed by atoms with E-state index in [4.69, 9.17) is 14.6 Å². The monoisotopic (exact) mass is 556 g/mol. The molecule has 2 atom stereocenters. The van der Waals surface area contributed by atoms with E-state index in [0.717, 1.165) is 53.2 Å². The Balaban J connectivity index is 1.31. The van der Waals surface area contributed by atoms with E-state index in [1.54, 1.807) is 10.9 Å². The topological polar surface area (TPSA) is 93.5 Å². The van der Waals surface area contributed by atoms with Crippen molar-refractivity contribution in [1.82, 2.24) is 19.7 Å². The summed E-state index contributed by atoms with van der Waals surface area (Å²) in [5.41, 5.74) is 3.05. The molecule has 2 N–H and O–H groups in total. The number of pyridine rings is 1. The van der Waals surface area contributed by atoms with Crippen LogP contribution in [0.25, 0.3) is 16.5 Å². The standard InChI is InChI=1S/C32H40N6O3/c1-21-11-12-24(18-33-21)38-30(17-29(36-38)32(4,5)6)35-31(39)34-27-13-14-28(26-10-8-7-9-25(26)27)40-16-15-37-19-22(2)41-23(3)20-37/h7-14,17-18,22-23H,15-16,19-20H2,1-6H3,(H2,34,35,39)/t22-,23-/m1/s1. The summed E-state index contributed by atoms with van der Waals surface area (Å²) in [6, 6.07) is 17.2. The third kappa shape index (κ3) is 6.86. The van der Waals surface area contributed by atoms with Crippen molar-refractivity contribution in [2.75, 3.05) is 36.9 Å². The van der Waals surface area contributed by atoms with Crippen LogP contribution in [0.15, 0.2) is 60.8 Å². The molecule has 2 aromatic carbocycles. The molecule has 5 rings (SSSR count). The van der Waals surface area contributed by atoms with Gasteiger partial charge in [0.15, 0.2) is 0 Å². The van der Waals surface area contributed by atoms with Gasteiger partial charge >= 0.3 is 6.03 Å². The zero-order chi connectivity index (χ0) is 29.1. The molecule has 0 spiro atoms. The Bertz CT molecular complexity index is 1500. The highest BCUT2D eigenvalue weighted by Gasteiger charge is 2.23. The Morgan fingerprint density at radius 2 is 1.76 bits per heavy atom. The van der Waals surface area contributed by atoms with Gasteiger partial charge in [-0.3, -0.25) is 15.2 Å². The summed E-state index contributed by atoms with van der Waals surface area (Å²) >= 11 is 0. The van der Waals surface area contributed by atoms with E-state index < -0.39 is 0 Å². The number of aromatic nitrogens is 3. The number of amides is 2. The molecule has 4 aromatic rings. The molecule has 216 valence electrons. The Kier molecular flexibility index (Phi) is 8.28. The minimum Gasteiger partial charge on any atom is -0.492 e. The minimum atomic E-state index is -0.360. The Hall–Kier alpha value is -3.95. The highest BCUT2D eigenvalue weighted by Crippen LogP contribution is 2.32. The lowest BCUT2D eigenvalue weighted by molar-refractivity contribution is -0.0699. The van der Waals surface area contributed by atoms with Gasteiger partial charge in [-0.2, -0.15) is 5.10 Å². The van der Waals surface area contributed by atoms with Crippen molar-refractivity contribution in [3.8, 4) is 11.4 Å². The van der Waals surface area contributed by atoms with Gasteiger partial charge in [0.05, 0.1) is 35.5 Å². The summed E-state index contributed by atoms with van der Waals surface area (Å²) in [5.74, 6) is 1.36. The predicted molar refractivity (Wildman–Crippen MR) is 163 cm³/mol. The lowest BCUT2D eigenvalue weighted by atomic mass is 9.92. The van der Waals surface area contributed by atoms with E-state index >= 15 is 0 Å². The number of nitrogens with one attached hydrogen (secondary N) is 2. The van der Waals surface area contributed by atoms with Crippen molar-refractivity contribution in [2.45, 2.75) is 59.2 Å². The number of hydrogen-bond acceptors (Lipinski definition) is 6. The zero-order valence-corrected chi connectivity index (χ0v) is 24.8. The molecule has 0 aliphatic carbocycles. The van der Waals surface area contributed by atoms with E-state index in [1.807, 2.05) is 61.5 Å². The number of aryl methyl sites for hydroxylation is 1. The number of carbonyl (C=O) groups is 1. The van der Waals surface area contributed by atoms with Crippen molar-refractivity contribution in [3.63, 3.8) is 0 Å². The van der Waals surface area contributed by atoms with Gasteiger partial charge in [-0.05, 0) is 45.0 Å². The summed E-state index contributed by atoms with van der Waals surface area (Å²) in [6.07, 6.45) is 2.20. The number of urea groups is 1. The number of fused-ring (bicyclic) bond motifs is 1. The number of nitrogens with zero attached hydrogens (tertiary/aromatic N) is 4. The van der Waals surface area contributed by atoms with Crippen LogP contribution in [0, 0.1) is 6.92 Å². The van der Waals surface area contributed by atoms with Crippen LogP contribution in [0.3, 0.4) is 0 Å². The van der Waals surface area contributed by atoms with Crippen molar-refractivity contribution >= 4 is 28.3 Å². The van der Waals surface area contributed by atoms with Crippen LogP contribution >= 0.6 is 0 Å². The first-order chi connectivity index (χ1) is 19.6. The lowest BCUT2D eigenvalue weighted by Crippen LogP contribution is -2.46. The molecule has 2 amide bonds. The maximum Gasteiger partial charge on any atom is 0.324 e. The Labute approximate surface area is 241 Å². The average molecular weight is 557 g/mol. The van der Waals surface area contributed by atoms with Gasteiger partial charge < -0.3 is 14.8 Å². The molecule has 1 saturated heterocycles. The number of anilines is 2. The second-order valence-electron chi connectivity index (χ2n) is 11.8. The van der Waals surface area contributed by atoms with E-state index in [0.29, 0.717) is 18.1 Å². The van der Waals surface area contributed by atoms with Gasteiger partial charge in [0.25, 0.3) is 0 Å². The Morgan fingerprint density at radius 3 is 2.44 bits per heavy atom. The van der Waals surface area contributed by atoms with E-state index in [1.165, 1.54) is 0 Å². The fourth-order valence-corrected chi connectivity index (χ4v) is 5.15. The van der Waals surface area contributed by atoms with Gasteiger partial charge in [-0.15, -0.1) is 0 Å². The van der Waals surface area contributed by atoms with Gasteiger partial charge in [0.1, 0.15) is 18.2 Å². The molecule has 1 fully saturated rings. The zero-order valence-electron chi connectivity index (χ0n) is 24.8. The number of rotatable bonds is 7. The molecular weight excluding hydrogens is 516 g/mol. The van der Waals surface area contributed by atoms with Crippen LogP contribution in [-0.4, -0.2) is 64.1 Å². The first-order valence-corrected chi connectivity index (χ1v) is 14.2. The van der Waals surface area contributed by atoms with Crippen LogP contribution in [0.1, 0.15) is 46.0 Å². The quantitative estimate of drug-likeness (QED) is 0.283. The van der Waals surface area contributed by atoms with Crippen molar-refractivity contribution in [3.05, 3.63) is 72.2 Å². The van der Waals surface area contributed by atoms with Gasteiger partial charge in [-0.1, -0.05) is 45.0 Å². The molecule has 1 aliphatic heterocycles. The number of carbonyl (C=O) groups excluding carboxylic acids is 1. The van der Waals surface area contributed by atoms with Crippen molar-refractivity contribution < 1.29 is 14.3 Å². The summed E-state index contributed by atoms with van der Waals surface area (Å²) in [4.78, 5) is 20.1. The van der Waals surface area contributed by atoms with Gasteiger partial charge in [0.2, 0.25) is 0 Å². The van der Waals surface area contributed by atoms with E-state index in [2.05, 4.69) is 55.1 Å². The number of hydrogen-bond donors (Lipinski definition) is 2. The van der Waals surface area contributed by atoms with Crippen molar-refractivity contribution in [2.24, 2.45) is 0 Å². The molecule has 0 radical (unpaired) electrons. The van der Waals surface area contributed by atoms with E-state index in [-0.39, 0.29) is 23.7 Å². The molecule has 1 aliphatic rings. The first-order valence-electron chi connectivity index (χ1n) is 14.2. The summed E-state index contributed by atoms with van der Waals surface area (Å²) in [5, 5.41) is 12.7. The first kappa shape index (κ1) is 28.6. The summed E-state index contributed by atoms with van der Waals surface area (Å²) < 4.78 is 13.8. The highest BCUT2D eigenvalue weighted by molar-refractivity contribution is 6.07. The summed E-state index contributed by atoms with van der Waals surface area (Å²) in [6.45, 7) is 15.6. The van der Waals surface area contributed by atoms with Crippen LogP contribution in [0.5, 0.6) is 5.75 Å². The van der Waals surface area contributed by atoms with Crippen LogP contribution in [0.2, 0.25) is 0 Å². The molecule has 41 heavy (non-hydrogen) atoms. The number of morpholine rings is 1. The fourth-order valence-electron chi connectivity index (χ4n) is 5.15. The molecular formula is C32H40N6O3. The average Bonchev–Trinajstić information content (AvgIpc) is 3.34. The molecule has 0 bridgehead atoms. The second kappa shape index (κ2) is 11.9. The van der Waals surface area contributed by atoms with Crippen molar-refractivity contribution in [1.29, 1.82) is 0 Å². The largest absolute Gasteiger partial charge is 0.492 e. The summed E-state index contributed by atoms with van der Waals surface area (Å²) in [7, 11) is 0. The molecule has 0 saturated carbocycles. The SMILES string of the molecule is Cc1ccc(-n2nc(C(C)(C)C)cc2NC(=O)Nc2ccc(OCCN3C[C@@H](C)O[C@H](C)C3)c3ccccc23)cn1. The Morgan fingerprint density at radius 1 is 1.02 bits per heavy atom. The minimum absolute atomic E-state index is 0.194. The fraction of sp³-hybridized carbons (Fsp3) is 0.406. The van der Waals surface area contributed by atoms with Crippen LogP contribution in [-0.2, 0) is 10.2 Å². The molecule has 9 heteroatoms. The maximum atomic E-state index is 13.3. The normalized spacial score (nSPS) is 17.9. The van der Waals surface area contributed by atoms with Crippen LogP contribution in [0.4, 0.5) is 16.3 Å². The number of benzene rings is 2.